The Hall–Kier alpha value is -1.71. The number of nitrogens with zero attached hydrogens (tertiary/aromatic N) is 1. The minimum absolute atomic E-state index is 0.296. The molecule has 2 heterocycles. The molecule has 1 aliphatic heterocycles. The molecule has 0 N–H and O–H groups in total. The van der Waals surface area contributed by atoms with Gasteiger partial charge in [0.2, 0.25) is 0 Å². The lowest BCUT2D eigenvalue weighted by Gasteiger charge is -2.30. The zero-order valence-corrected chi connectivity index (χ0v) is 15.7. The molecular formula is C22H25NOS. The van der Waals surface area contributed by atoms with Gasteiger partial charge in [-0.15, -0.1) is 11.3 Å². The lowest BCUT2D eigenvalue weighted by molar-refractivity contribution is -0.117. The fourth-order valence-electron chi connectivity index (χ4n) is 4.13. The van der Waals surface area contributed by atoms with Crippen molar-refractivity contribution in [2.24, 2.45) is 0 Å². The molecule has 130 valence electrons. The lowest BCUT2D eigenvalue weighted by Crippen LogP contribution is -2.32. The Kier molecular flexibility index (Phi) is 4.87. The number of Topliss-reactive ketones (excluding diaryl/α,β-unsaturated/α-hetero) is 1. The monoisotopic (exact) mass is 351 g/mol. The number of likely N-dealkylation sites (tertiary alicyclic amines) is 1. The van der Waals surface area contributed by atoms with E-state index in [2.05, 4.69) is 40.6 Å². The summed E-state index contributed by atoms with van der Waals surface area (Å²) < 4.78 is 0. The van der Waals surface area contributed by atoms with Crippen molar-refractivity contribution in [1.82, 2.24) is 4.90 Å². The average molecular weight is 352 g/mol. The average Bonchev–Trinajstić information content (AvgIpc) is 3.02. The maximum atomic E-state index is 11.2. The van der Waals surface area contributed by atoms with Crippen LogP contribution >= 0.6 is 11.3 Å². The number of fused-ring (bicyclic) bond motifs is 2. The van der Waals surface area contributed by atoms with Crippen molar-refractivity contribution in [3.8, 4) is 0 Å². The van der Waals surface area contributed by atoms with E-state index in [1.54, 1.807) is 12.5 Å². The van der Waals surface area contributed by atoms with E-state index in [1.807, 2.05) is 11.3 Å². The van der Waals surface area contributed by atoms with Crippen molar-refractivity contribution >= 4 is 22.7 Å². The zero-order chi connectivity index (χ0) is 17.2. The normalized spacial score (nSPS) is 17.8. The predicted molar refractivity (Wildman–Crippen MR) is 105 cm³/mol. The molecule has 0 amide bonds. The summed E-state index contributed by atoms with van der Waals surface area (Å²) in [5, 5.41) is 2.25. The molecule has 0 atom stereocenters. The standard InChI is InChI=1S/C22H25NOS/c1-16(24)8-12-23-13-9-18(10-14-23)22-19-5-3-2-4-17(19)6-7-21-20(22)11-15-25-21/h2-5,11,15H,6-10,12-14H2,1H3. The summed E-state index contributed by atoms with van der Waals surface area (Å²) in [5.74, 6) is 0.296. The quantitative estimate of drug-likeness (QED) is 0.797. The molecule has 0 radical (unpaired) electrons. The summed E-state index contributed by atoms with van der Waals surface area (Å²) in [6.45, 7) is 4.76. The fourth-order valence-corrected chi connectivity index (χ4v) is 5.01. The molecule has 4 rings (SSSR count). The number of carbonyl (C=O) groups excluding carboxylic acids is 1. The highest BCUT2D eigenvalue weighted by atomic mass is 32.1. The second-order valence-electron chi connectivity index (χ2n) is 7.19. The molecule has 0 spiro atoms. The molecule has 0 bridgehead atoms. The molecule has 1 aliphatic carbocycles. The van der Waals surface area contributed by atoms with Gasteiger partial charge in [0.15, 0.2) is 0 Å². The molecule has 2 nitrogen and oxygen atoms in total. The van der Waals surface area contributed by atoms with E-state index in [-0.39, 0.29) is 0 Å². The van der Waals surface area contributed by atoms with Crippen LogP contribution in [0, 0.1) is 0 Å². The van der Waals surface area contributed by atoms with Gasteiger partial charge in [0.05, 0.1) is 0 Å². The Morgan fingerprint density at radius 1 is 1.04 bits per heavy atom. The first-order chi connectivity index (χ1) is 12.2. The SMILES string of the molecule is CC(=O)CCN1CCC(=C2c3ccccc3CCc3sccc32)CC1. The summed E-state index contributed by atoms with van der Waals surface area (Å²) in [7, 11) is 0. The summed E-state index contributed by atoms with van der Waals surface area (Å²) in [5.41, 5.74) is 7.53. The van der Waals surface area contributed by atoms with Crippen LogP contribution in [0.1, 0.15) is 47.8 Å². The second-order valence-corrected chi connectivity index (χ2v) is 8.19. The minimum Gasteiger partial charge on any atom is -0.302 e. The van der Waals surface area contributed by atoms with Crippen LogP contribution in [-0.4, -0.2) is 30.3 Å². The third-order valence-electron chi connectivity index (χ3n) is 5.52. The van der Waals surface area contributed by atoms with Gasteiger partial charge >= 0.3 is 0 Å². The Bertz CT molecular complexity index is 807. The summed E-state index contributed by atoms with van der Waals surface area (Å²) in [6, 6.07) is 11.3. The Balaban J connectivity index is 1.66. The van der Waals surface area contributed by atoms with Gasteiger partial charge in [-0.25, -0.2) is 0 Å². The van der Waals surface area contributed by atoms with Gasteiger partial charge in [-0.1, -0.05) is 29.8 Å². The van der Waals surface area contributed by atoms with E-state index in [9.17, 15) is 4.79 Å². The van der Waals surface area contributed by atoms with Gasteiger partial charge in [0.1, 0.15) is 5.78 Å². The number of hydrogen-bond acceptors (Lipinski definition) is 3. The molecule has 1 saturated heterocycles. The number of piperidine rings is 1. The molecule has 0 saturated carbocycles. The number of rotatable bonds is 3. The van der Waals surface area contributed by atoms with Crippen LogP contribution in [0.5, 0.6) is 0 Å². The lowest BCUT2D eigenvalue weighted by atomic mass is 9.87. The Morgan fingerprint density at radius 2 is 1.84 bits per heavy atom. The minimum atomic E-state index is 0.296. The first-order valence-electron chi connectivity index (χ1n) is 9.31. The van der Waals surface area contributed by atoms with Gasteiger partial charge in [0.25, 0.3) is 0 Å². The van der Waals surface area contributed by atoms with Crippen LogP contribution in [0.3, 0.4) is 0 Å². The maximum absolute atomic E-state index is 11.2. The van der Waals surface area contributed by atoms with Crippen molar-refractivity contribution in [3.63, 3.8) is 0 Å². The van der Waals surface area contributed by atoms with Gasteiger partial charge in [-0.3, -0.25) is 4.79 Å². The topological polar surface area (TPSA) is 20.3 Å². The Morgan fingerprint density at radius 3 is 2.64 bits per heavy atom. The van der Waals surface area contributed by atoms with Crippen molar-refractivity contribution in [3.05, 3.63) is 62.9 Å². The fraction of sp³-hybridized carbons (Fsp3) is 0.409. The Labute approximate surface area is 154 Å². The van der Waals surface area contributed by atoms with Gasteiger partial charge in [-0.05, 0) is 66.3 Å². The van der Waals surface area contributed by atoms with Gasteiger partial charge in [-0.2, -0.15) is 0 Å². The number of hydrogen-bond donors (Lipinski definition) is 0. The van der Waals surface area contributed by atoms with E-state index < -0.39 is 0 Å². The number of aryl methyl sites for hydroxylation is 2. The smallest absolute Gasteiger partial charge is 0.131 e. The highest BCUT2D eigenvalue weighted by Crippen LogP contribution is 2.40. The number of ketones is 1. The molecule has 3 heteroatoms. The molecule has 1 aromatic carbocycles. The molecule has 1 aromatic heterocycles. The van der Waals surface area contributed by atoms with Crippen LogP contribution in [0.15, 0.2) is 41.3 Å². The predicted octanol–water partition coefficient (Wildman–Crippen LogP) is 4.72. The van der Waals surface area contributed by atoms with Crippen molar-refractivity contribution < 1.29 is 4.79 Å². The summed E-state index contributed by atoms with van der Waals surface area (Å²) >= 11 is 1.91. The molecule has 1 fully saturated rings. The summed E-state index contributed by atoms with van der Waals surface area (Å²) in [6.07, 6.45) is 5.23. The highest BCUT2D eigenvalue weighted by molar-refractivity contribution is 7.10. The first-order valence-corrected chi connectivity index (χ1v) is 10.2. The van der Waals surface area contributed by atoms with Gasteiger partial charge in [0, 0.05) is 30.9 Å². The van der Waals surface area contributed by atoms with Crippen LogP contribution in [0.4, 0.5) is 0 Å². The largest absolute Gasteiger partial charge is 0.302 e. The zero-order valence-electron chi connectivity index (χ0n) is 14.9. The van der Waals surface area contributed by atoms with Crippen LogP contribution in [0.2, 0.25) is 0 Å². The van der Waals surface area contributed by atoms with E-state index in [1.165, 1.54) is 27.1 Å². The molecule has 2 aromatic rings. The maximum Gasteiger partial charge on any atom is 0.131 e. The third kappa shape index (κ3) is 3.49. The number of thiophene rings is 1. The van der Waals surface area contributed by atoms with Crippen molar-refractivity contribution in [2.45, 2.75) is 39.0 Å². The van der Waals surface area contributed by atoms with Crippen LogP contribution < -0.4 is 0 Å². The van der Waals surface area contributed by atoms with Crippen molar-refractivity contribution in [2.75, 3.05) is 19.6 Å². The first kappa shape index (κ1) is 16.7. The number of benzene rings is 1. The number of carbonyl (C=O) groups is 1. The van der Waals surface area contributed by atoms with E-state index in [0.717, 1.165) is 45.3 Å². The van der Waals surface area contributed by atoms with Crippen molar-refractivity contribution in [1.29, 1.82) is 0 Å². The second kappa shape index (κ2) is 7.27. The summed E-state index contributed by atoms with van der Waals surface area (Å²) in [4.78, 5) is 15.2. The molecular weight excluding hydrogens is 326 g/mol. The highest BCUT2D eigenvalue weighted by Gasteiger charge is 2.24. The van der Waals surface area contributed by atoms with E-state index in [0.29, 0.717) is 12.2 Å². The van der Waals surface area contributed by atoms with E-state index in [4.69, 9.17) is 0 Å². The van der Waals surface area contributed by atoms with Crippen LogP contribution in [-0.2, 0) is 17.6 Å². The van der Waals surface area contributed by atoms with Gasteiger partial charge < -0.3 is 4.90 Å². The molecule has 2 aliphatic rings. The van der Waals surface area contributed by atoms with Crippen LogP contribution in [0.25, 0.3) is 5.57 Å². The van der Waals surface area contributed by atoms with E-state index >= 15 is 0 Å². The molecule has 25 heavy (non-hydrogen) atoms. The third-order valence-corrected chi connectivity index (χ3v) is 6.50. The molecule has 0 unspecified atom stereocenters.